The first-order valence-corrected chi connectivity index (χ1v) is 5.26. The number of hydrogen-bond donors (Lipinski definition) is 0. The first kappa shape index (κ1) is 10.6. The molecule has 0 bridgehead atoms. The Labute approximate surface area is 94.4 Å². The third-order valence-corrected chi connectivity index (χ3v) is 2.56. The van der Waals surface area contributed by atoms with E-state index in [4.69, 9.17) is 0 Å². The number of carbonyl (C=O) groups excluding carboxylic acids is 2. The maximum absolute atomic E-state index is 12.0. The molecule has 0 fully saturated rings. The van der Waals surface area contributed by atoms with Gasteiger partial charge in [-0.3, -0.25) is 14.5 Å². The van der Waals surface area contributed by atoms with E-state index in [-0.39, 0.29) is 17.9 Å². The quantitative estimate of drug-likeness (QED) is 0.706. The van der Waals surface area contributed by atoms with Crippen molar-refractivity contribution in [1.29, 1.82) is 0 Å². The summed E-state index contributed by atoms with van der Waals surface area (Å²) in [5.74, 6) is -0.426. The standard InChI is InChI=1S/C13H13NO2/c1-9(2)14-12(15)8-11(13(14)16)10-6-4-3-5-7-10/h3-9H,1-2H3. The molecule has 0 saturated heterocycles. The molecule has 1 aromatic rings. The van der Waals surface area contributed by atoms with Crippen molar-refractivity contribution in [1.82, 2.24) is 4.90 Å². The lowest BCUT2D eigenvalue weighted by atomic mass is 10.1. The molecule has 0 unspecified atom stereocenters. The Morgan fingerprint density at radius 3 is 2.19 bits per heavy atom. The van der Waals surface area contributed by atoms with Crippen molar-refractivity contribution in [2.24, 2.45) is 0 Å². The molecule has 3 heteroatoms. The van der Waals surface area contributed by atoms with Crippen LogP contribution in [0.25, 0.3) is 5.57 Å². The number of benzene rings is 1. The molecule has 2 rings (SSSR count). The third-order valence-electron chi connectivity index (χ3n) is 2.56. The summed E-state index contributed by atoms with van der Waals surface area (Å²) in [4.78, 5) is 24.9. The zero-order valence-electron chi connectivity index (χ0n) is 9.31. The van der Waals surface area contributed by atoms with Crippen LogP contribution < -0.4 is 0 Å². The number of amides is 2. The predicted octanol–water partition coefficient (Wildman–Crippen LogP) is 1.85. The fourth-order valence-corrected chi connectivity index (χ4v) is 1.80. The largest absolute Gasteiger partial charge is 0.272 e. The van der Waals surface area contributed by atoms with Crippen LogP contribution in [0, 0.1) is 0 Å². The number of hydrogen-bond acceptors (Lipinski definition) is 2. The van der Waals surface area contributed by atoms with Gasteiger partial charge in [0, 0.05) is 12.1 Å². The van der Waals surface area contributed by atoms with Gasteiger partial charge in [-0.2, -0.15) is 0 Å². The zero-order valence-corrected chi connectivity index (χ0v) is 9.31. The van der Waals surface area contributed by atoms with Crippen molar-refractivity contribution in [3.63, 3.8) is 0 Å². The fourth-order valence-electron chi connectivity index (χ4n) is 1.80. The van der Waals surface area contributed by atoms with E-state index in [2.05, 4.69) is 0 Å². The molecule has 1 aromatic carbocycles. The van der Waals surface area contributed by atoms with Crippen molar-refractivity contribution in [3.8, 4) is 0 Å². The Balaban J connectivity index is 2.37. The summed E-state index contributed by atoms with van der Waals surface area (Å²) in [5.41, 5.74) is 1.28. The average molecular weight is 215 g/mol. The Morgan fingerprint density at radius 2 is 1.69 bits per heavy atom. The van der Waals surface area contributed by atoms with E-state index in [0.29, 0.717) is 5.57 Å². The van der Waals surface area contributed by atoms with Crippen molar-refractivity contribution in [2.45, 2.75) is 19.9 Å². The molecule has 0 aromatic heterocycles. The van der Waals surface area contributed by atoms with Crippen LogP contribution in [0.3, 0.4) is 0 Å². The van der Waals surface area contributed by atoms with Gasteiger partial charge in [0.05, 0.1) is 5.57 Å². The van der Waals surface area contributed by atoms with Crippen LogP contribution in [0.2, 0.25) is 0 Å². The predicted molar refractivity (Wildman–Crippen MR) is 61.4 cm³/mol. The second-order valence-electron chi connectivity index (χ2n) is 4.03. The molecule has 16 heavy (non-hydrogen) atoms. The summed E-state index contributed by atoms with van der Waals surface area (Å²) in [6, 6.07) is 9.16. The van der Waals surface area contributed by atoms with Gasteiger partial charge in [-0.25, -0.2) is 0 Å². The zero-order chi connectivity index (χ0) is 11.7. The van der Waals surface area contributed by atoms with E-state index >= 15 is 0 Å². The highest BCUT2D eigenvalue weighted by Crippen LogP contribution is 2.24. The maximum atomic E-state index is 12.0. The van der Waals surface area contributed by atoms with Crippen LogP contribution in [-0.4, -0.2) is 22.8 Å². The van der Waals surface area contributed by atoms with Gasteiger partial charge in [0.1, 0.15) is 0 Å². The summed E-state index contributed by atoms with van der Waals surface area (Å²) < 4.78 is 0. The molecule has 0 spiro atoms. The second kappa shape index (κ2) is 3.93. The molecule has 2 amide bonds. The molecule has 1 heterocycles. The lowest BCUT2D eigenvalue weighted by Crippen LogP contribution is -2.36. The minimum atomic E-state index is -0.223. The summed E-state index contributed by atoms with van der Waals surface area (Å²) in [6.45, 7) is 3.66. The Kier molecular flexibility index (Phi) is 2.60. The lowest BCUT2D eigenvalue weighted by Gasteiger charge is -2.18. The molecule has 0 atom stereocenters. The SMILES string of the molecule is CC(C)N1C(=O)C=C(c2ccccc2)C1=O. The van der Waals surface area contributed by atoms with E-state index in [1.807, 2.05) is 44.2 Å². The molecule has 3 nitrogen and oxygen atoms in total. The van der Waals surface area contributed by atoms with Gasteiger partial charge >= 0.3 is 0 Å². The highest BCUT2D eigenvalue weighted by molar-refractivity contribution is 6.33. The molecular weight excluding hydrogens is 202 g/mol. The number of nitrogens with zero attached hydrogens (tertiary/aromatic N) is 1. The number of imide groups is 1. The maximum Gasteiger partial charge on any atom is 0.261 e. The second-order valence-corrected chi connectivity index (χ2v) is 4.03. The van der Waals surface area contributed by atoms with E-state index in [1.54, 1.807) is 0 Å². The van der Waals surface area contributed by atoms with Gasteiger partial charge in [-0.15, -0.1) is 0 Å². The van der Waals surface area contributed by atoms with Crippen LogP contribution in [0.4, 0.5) is 0 Å². The minimum Gasteiger partial charge on any atom is -0.272 e. The normalized spacial score (nSPS) is 15.9. The molecule has 82 valence electrons. The van der Waals surface area contributed by atoms with Crippen molar-refractivity contribution < 1.29 is 9.59 Å². The minimum absolute atomic E-state index is 0.0996. The summed E-state index contributed by atoms with van der Waals surface area (Å²) in [6.07, 6.45) is 1.41. The monoisotopic (exact) mass is 215 g/mol. The van der Waals surface area contributed by atoms with Crippen LogP contribution >= 0.6 is 0 Å². The Hall–Kier alpha value is -1.90. The van der Waals surface area contributed by atoms with Crippen LogP contribution in [0.1, 0.15) is 19.4 Å². The molecule has 0 N–H and O–H groups in total. The average Bonchev–Trinajstić information content (AvgIpc) is 2.55. The van der Waals surface area contributed by atoms with E-state index in [9.17, 15) is 9.59 Å². The smallest absolute Gasteiger partial charge is 0.261 e. The van der Waals surface area contributed by atoms with Crippen LogP contribution in [0.15, 0.2) is 36.4 Å². The van der Waals surface area contributed by atoms with Gasteiger partial charge in [-0.05, 0) is 19.4 Å². The molecular formula is C13H13NO2. The summed E-state index contributed by atoms with van der Waals surface area (Å²) in [7, 11) is 0. The Morgan fingerprint density at radius 1 is 1.06 bits per heavy atom. The highest BCUT2D eigenvalue weighted by Gasteiger charge is 2.33. The van der Waals surface area contributed by atoms with Gasteiger partial charge in [-0.1, -0.05) is 30.3 Å². The van der Waals surface area contributed by atoms with Gasteiger partial charge < -0.3 is 0 Å². The first-order chi connectivity index (χ1) is 7.61. The van der Waals surface area contributed by atoms with Crippen molar-refractivity contribution in [3.05, 3.63) is 42.0 Å². The van der Waals surface area contributed by atoms with E-state index < -0.39 is 0 Å². The van der Waals surface area contributed by atoms with Crippen LogP contribution in [-0.2, 0) is 9.59 Å². The first-order valence-electron chi connectivity index (χ1n) is 5.26. The Bertz CT molecular complexity index is 460. The van der Waals surface area contributed by atoms with Crippen molar-refractivity contribution in [2.75, 3.05) is 0 Å². The molecule has 1 aliphatic heterocycles. The molecule has 0 radical (unpaired) electrons. The van der Waals surface area contributed by atoms with Gasteiger partial charge in [0.2, 0.25) is 0 Å². The van der Waals surface area contributed by atoms with Gasteiger partial charge in [0.25, 0.3) is 11.8 Å². The topological polar surface area (TPSA) is 37.4 Å². The fraction of sp³-hybridized carbons (Fsp3) is 0.231. The van der Waals surface area contributed by atoms with Crippen molar-refractivity contribution >= 4 is 17.4 Å². The lowest BCUT2D eigenvalue weighted by molar-refractivity contribution is -0.138. The van der Waals surface area contributed by atoms with E-state index in [1.165, 1.54) is 11.0 Å². The molecule has 0 aliphatic carbocycles. The summed E-state index contributed by atoms with van der Waals surface area (Å²) >= 11 is 0. The highest BCUT2D eigenvalue weighted by atomic mass is 16.2. The number of rotatable bonds is 2. The molecule has 0 saturated carbocycles. The van der Waals surface area contributed by atoms with E-state index in [0.717, 1.165) is 5.56 Å². The summed E-state index contributed by atoms with van der Waals surface area (Å²) in [5, 5.41) is 0. The van der Waals surface area contributed by atoms with Crippen LogP contribution in [0.5, 0.6) is 0 Å². The molecule has 1 aliphatic rings. The third kappa shape index (κ3) is 1.65. The number of carbonyl (C=O) groups is 2. The van der Waals surface area contributed by atoms with Gasteiger partial charge in [0.15, 0.2) is 0 Å².